The molecule has 1 aromatic rings. The van der Waals surface area contributed by atoms with Crippen LogP contribution in [-0.4, -0.2) is 102 Å². The average molecular weight is 515 g/mol. The van der Waals surface area contributed by atoms with E-state index in [2.05, 4.69) is 15.5 Å². The number of rotatable bonds is 9. The molecule has 6 atom stereocenters. The van der Waals surface area contributed by atoms with Crippen molar-refractivity contribution in [3.8, 4) is 0 Å². The van der Waals surface area contributed by atoms with Crippen molar-refractivity contribution in [2.75, 3.05) is 51.3 Å². The number of aliphatic hydroxyl groups excluding tert-OH is 1. The average Bonchev–Trinajstić information content (AvgIpc) is 3.53. The van der Waals surface area contributed by atoms with Crippen molar-refractivity contribution in [1.82, 2.24) is 15.1 Å². The summed E-state index contributed by atoms with van der Waals surface area (Å²) in [6, 6.07) is 7.70. The van der Waals surface area contributed by atoms with E-state index in [0.717, 1.165) is 13.1 Å². The molecular weight excluding hydrogens is 476 g/mol. The predicted octanol–water partition coefficient (Wildman–Crippen LogP) is 0.465. The van der Waals surface area contributed by atoms with Gasteiger partial charge in [-0.25, -0.2) is 0 Å². The summed E-state index contributed by atoms with van der Waals surface area (Å²) in [4.78, 5) is 45.0. The number of hydrogen-bond donors (Lipinski definition) is 3. The Hall–Kier alpha value is -2.53. The Morgan fingerprint density at radius 1 is 1.16 bits per heavy atom. The summed E-state index contributed by atoms with van der Waals surface area (Å²) < 4.78 is 11.9. The molecule has 1 aromatic carbocycles. The number of benzene rings is 1. The maximum atomic E-state index is 14.0. The van der Waals surface area contributed by atoms with Gasteiger partial charge in [0.2, 0.25) is 17.7 Å². The number of para-hydroxylation sites is 1. The number of hydrogen-bond acceptors (Lipinski definition) is 7. The molecule has 0 radical (unpaired) electrons. The maximum absolute atomic E-state index is 14.0. The van der Waals surface area contributed by atoms with E-state index in [-0.39, 0.29) is 30.2 Å². The Kier molecular flexibility index (Phi) is 7.53. The van der Waals surface area contributed by atoms with Gasteiger partial charge in [-0.15, -0.1) is 0 Å². The molecule has 4 saturated heterocycles. The standard InChI is InChI=1S/C27H38N4O6/c1-17(2)19(16-32)31-23(25(34)28-10-11-30-12-14-36-15-13-30)27-9-8-20(37-27)21(22(27)26(31)35)24(33)29-18-6-4-3-5-7-18/h3-7,17,19-23,32H,8-16H2,1-2H3,(H,28,34)(H,29,33)/t19-,20+,21-,22-,23?,27?/m0/s1. The number of amides is 3. The van der Waals surface area contributed by atoms with Crippen molar-refractivity contribution < 1.29 is 29.0 Å². The lowest BCUT2D eigenvalue weighted by atomic mass is 9.70. The largest absolute Gasteiger partial charge is 0.394 e. The van der Waals surface area contributed by atoms with E-state index in [1.165, 1.54) is 4.90 Å². The monoisotopic (exact) mass is 514 g/mol. The molecule has 3 amide bonds. The van der Waals surface area contributed by atoms with Gasteiger partial charge in [0.05, 0.1) is 43.8 Å². The molecule has 0 aromatic heterocycles. The second kappa shape index (κ2) is 10.7. The molecule has 3 N–H and O–H groups in total. The maximum Gasteiger partial charge on any atom is 0.245 e. The Balaban J connectivity index is 1.40. The Labute approximate surface area is 217 Å². The van der Waals surface area contributed by atoms with Crippen LogP contribution in [0.15, 0.2) is 30.3 Å². The molecule has 10 heteroatoms. The van der Waals surface area contributed by atoms with Crippen LogP contribution in [0.25, 0.3) is 0 Å². The summed E-state index contributed by atoms with van der Waals surface area (Å²) in [7, 11) is 0. The van der Waals surface area contributed by atoms with Crippen LogP contribution in [0.2, 0.25) is 0 Å². The summed E-state index contributed by atoms with van der Waals surface area (Å²) in [5.74, 6) is -2.37. The van der Waals surface area contributed by atoms with Crippen LogP contribution in [0.4, 0.5) is 5.69 Å². The van der Waals surface area contributed by atoms with Crippen molar-refractivity contribution in [1.29, 1.82) is 0 Å². The number of nitrogens with one attached hydrogen (secondary N) is 2. The first-order chi connectivity index (χ1) is 17.9. The Morgan fingerprint density at radius 2 is 1.89 bits per heavy atom. The highest BCUT2D eigenvalue weighted by atomic mass is 16.5. The molecule has 4 heterocycles. The quantitative estimate of drug-likeness (QED) is 0.438. The summed E-state index contributed by atoms with van der Waals surface area (Å²) >= 11 is 0. The van der Waals surface area contributed by atoms with Gasteiger partial charge in [0.15, 0.2) is 0 Å². The van der Waals surface area contributed by atoms with Crippen LogP contribution in [0.3, 0.4) is 0 Å². The number of anilines is 1. The van der Waals surface area contributed by atoms with Gasteiger partial charge in [-0.2, -0.15) is 0 Å². The molecule has 4 aliphatic heterocycles. The second-order valence-corrected chi connectivity index (χ2v) is 10.9. The van der Waals surface area contributed by atoms with Gasteiger partial charge in [-0.1, -0.05) is 32.0 Å². The van der Waals surface area contributed by atoms with E-state index in [9.17, 15) is 19.5 Å². The van der Waals surface area contributed by atoms with Gasteiger partial charge >= 0.3 is 0 Å². The van der Waals surface area contributed by atoms with Crippen LogP contribution >= 0.6 is 0 Å². The van der Waals surface area contributed by atoms with E-state index in [4.69, 9.17) is 9.47 Å². The summed E-state index contributed by atoms with van der Waals surface area (Å²) in [5.41, 5.74) is -0.425. The Bertz CT molecular complexity index is 1000. The summed E-state index contributed by atoms with van der Waals surface area (Å²) in [6.45, 7) is 7.69. The zero-order valence-electron chi connectivity index (χ0n) is 21.6. The van der Waals surface area contributed by atoms with Gasteiger partial charge in [0, 0.05) is 31.9 Å². The third-order valence-corrected chi connectivity index (χ3v) is 8.48. The highest BCUT2D eigenvalue weighted by Crippen LogP contribution is 2.59. The van der Waals surface area contributed by atoms with Gasteiger partial charge in [-0.05, 0) is 30.9 Å². The van der Waals surface area contributed by atoms with Crippen molar-refractivity contribution in [2.24, 2.45) is 17.8 Å². The second-order valence-electron chi connectivity index (χ2n) is 10.9. The normalized spacial score (nSPS) is 32.0. The zero-order valence-corrected chi connectivity index (χ0v) is 21.6. The van der Waals surface area contributed by atoms with Gasteiger partial charge in [-0.3, -0.25) is 19.3 Å². The highest BCUT2D eigenvalue weighted by molar-refractivity contribution is 6.02. The number of ether oxygens (including phenoxy) is 2. The zero-order chi connectivity index (χ0) is 26.2. The number of likely N-dealkylation sites (tertiary alicyclic amines) is 1. The minimum absolute atomic E-state index is 0.0818. The molecule has 0 aliphatic carbocycles. The number of morpholine rings is 1. The molecular formula is C27H38N4O6. The molecule has 202 valence electrons. The molecule has 0 saturated carbocycles. The molecule has 1 spiro atoms. The SMILES string of the molecule is CC(C)[C@H](CO)N1C(=O)[C@@H]2[C@@H](C(=O)Nc3ccccc3)[C@H]3CCC2(O3)C1C(=O)NCCN1CCOCC1. The van der Waals surface area contributed by atoms with E-state index in [1.54, 1.807) is 12.1 Å². The van der Waals surface area contributed by atoms with Crippen molar-refractivity contribution in [3.63, 3.8) is 0 Å². The van der Waals surface area contributed by atoms with Crippen LogP contribution in [0.1, 0.15) is 26.7 Å². The lowest BCUT2D eigenvalue weighted by Crippen LogP contribution is -2.59. The third kappa shape index (κ3) is 4.65. The van der Waals surface area contributed by atoms with Crippen LogP contribution in [0, 0.1) is 17.8 Å². The van der Waals surface area contributed by atoms with Crippen LogP contribution in [-0.2, 0) is 23.9 Å². The van der Waals surface area contributed by atoms with Crippen LogP contribution in [0.5, 0.6) is 0 Å². The number of carbonyl (C=O) groups is 3. The highest BCUT2D eigenvalue weighted by Gasteiger charge is 2.75. The number of aliphatic hydroxyl groups is 1. The van der Waals surface area contributed by atoms with Crippen molar-refractivity contribution in [2.45, 2.75) is 50.5 Å². The van der Waals surface area contributed by atoms with E-state index < -0.39 is 35.6 Å². The fourth-order valence-electron chi connectivity index (χ4n) is 6.67. The van der Waals surface area contributed by atoms with Gasteiger partial charge < -0.3 is 30.1 Å². The molecule has 2 bridgehead atoms. The first kappa shape index (κ1) is 26.1. The van der Waals surface area contributed by atoms with E-state index in [1.807, 2.05) is 32.0 Å². The molecule has 2 unspecified atom stereocenters. The minimum Gasteiger partial charge on any atom is -0.394 e. The van der Waals surface area contributed by atoms with Crippen molar-refractivity contribution >= 4 is 23.4 Å². The van der Waals surface area contributed by atoms with Gasteiger partial charge in [0.25, 0.3) is 0 Å². The lowest BCUT2D eigenvalue weighted by Gasteiger charge is -2.38. The minimum atomic E-state index is -1.08. The molecule has 4 aliphatic rings. The number of carbonyl (C=O) groups excluding carboxylic acids is 3. The van der Waals surface area contributed by atoms with Crippen molar-refractivity contribution in [3.05, 3.63) is 30.3 Å². The molecule has 4 fully saturated rings. The third-order valence-electron chi connectivity index (χ3n) is 8.48. The lowest BCUT2D eigenvalue weighted by molar-refractivity contribution is -0.146. The topological polar surface area (TPSA) is 120 Å². The smallest absolute Gasteiger partial charge is 0.245 e. The first-order valence-electron chi connectivity index (χ1n) is 13.4. The summed E-state index contributed by atoms with van der Waals surface area (Å²) in [5, 5.41) is 16.2. The first-order valence-corrected chi connectivity index (χ1v) is 13.4. The van der Waals surface area contributed by atoms with Gasteiger partial charge in [0.1, 0.15) is 11.6 Å². The summed E-state index contributed by atoms with van der Waals surface area (Å²) in [6.07, 6.45) is 0.709. The van der Waals surface area contributed by atoms with Crippen LogP contribution < -0.4 is 10.6 Å². The predicted molar refractivity (Wildman–Crippen MR) is 136 cm³/mol. The molecule has 10 nitrogen and oxygen atoms in total. The molecule has 37 heavy (non-hydrogen) atoms. The fourth-order valence-corrected chi connectivity index (χ4v) is 6.67. The van der Waals surface area contributed by atoms with E-state index in [0.29, 0.717) is 44.8 Å². The number of fused-ring (bicyclic) bond motifs is 1. The van der Waals surface area contributed by atoms with E-state index >= 15 is 0 Å². The fraction of sp³-hybridized carbons (Fsp3) is 0.667. The molecule has 5 rings (SSSR count). The Morgan fingerprint density at radius 3 is 2.57 bits per heavy atom. The number of nitrogens with zero attached hydrogens (tertiary/aromatic N) is 2.